The van der Waals surface area contributed by atoms with E-state index in [9.17, 15) is 9.90 Å². The first-order valence-electron chi connectivity index (χ1n) is 11.1. The molecule has 1 fully saturated rings. The Morgan fingerprint density at radius 1 is 1.10 bits per heavy atom. The Bertz CT molecular complexity index is 1150. The van der Waals surface area contributed by atoms with Gasteiger partial charge >= 0.3 is 0 Å². The molecule has 1 aliphatic carbocycles. The first-order chi connectivity index (χ1) is 14.9. The van der Waals surface area contributed by atoms with E-state index in [1.165, 1.54) is 22.3 Å². The summed E-state index contributed by atoms with van der Waals surface area (Å²) in [4.78, 5) is 15.1. The molecule has 2 unspecified atom stereocenters. The Morgan fingerprint density at radius 2 is 1.87 bits per heavy atom. The summed E-state index contributed by atoms with van der Waals surface area (Å²) in [5, 5.41) is 14.8. The van der Waals surface area contributed by atoms with Gasteiger partial charge in [0.1, 0.15) is 0 Å². The van der Waals surface area contributed by atoms with Gasteiger partial charge in [0.25, 0.3) is 5.91 Å². The fourth-order valence-corrected chi connectivity index (χ4v) is 5.15. The van der Waals surface area contributed by atoms with Crippen LogP contribution in [0.4, 0.5) is 0 Å². The average Bonchev–Trinajstić information content (AvgIpc) is 3.46. The van der Waals surface area contributed by atoms with E-state index in [1.54, 1.807) is 0 Å². The van der Waals surface area contributed by atoms with Crippen molar-refractivity contribution >= 4 is 5.91 Å². The number of nitrogens with zero attached hydrogens (tertiary/aromatic N) is 3. The van der Waals surface area contributed by atoms with Gasteiger partial charge in [0.15, 0.2) is 0 Å². The van der Waals surface area contributed by atoms with E-state index in [2.05, 4.69) is 49.3 Å². The first-order valence-corrected chi connectivity index (χ1v) is 11.1. The van der Waals surface area contributed by atoms with Crippen molar-refractivity contribution in [2.45, 2.75) is 58.2 Å². The second-order valence-corrected chi connectivity index (χ2v) is 9.06. The van der Waals surface area contributed by atoms with Gasteiger partial charge in [-0.05, 0) is 79.5 Å². The zero-order valence-electron chi connectivity index (χ0n) is 18.4. The molecular weight excluding hydrogens is 386 g/mol. The molecule has 1 aromatic heterocycles. The van der Waals surface area contributed by atoms with Gasteiger partial charge in [-0.3, -0.25) is 9.48 Å². The van der Waals surface area contributed by atoms with Crippen LogP contribution in [0.2, 0.25) is 0 Å². The van der Waals surface area contributed by atoms with Crippen molar-refractivity contribution < 1.29 is 9.90 Å². The van der Waals surface area contributed by atoms with Gasteiger partial charge in [-0.25, -0.2) is 0 Å². The van der Waals surface area contributed by atoms with Crippen molar-refractivity contribution in [1.82, 2.24) is 14.7 Å². The molecule has 5 rings (SSSR count). The number of hydrogen-bond donors (Lipinski definition) is 1. The minimum atomic E-state index is -0.392. The van der Waals surface area contributed by atoms with E-state index in [0.717, 1.165) is 48.1 Å². The lowest BCUT2D eigenvalue weighted by molar-refractivity contribution is 0.0479. The third-order valence-electron chi connectivity index (χ3n) is 7.16. The third-order valence-corrected chi connectivity index (χ3v) is 7.16. The summed E-state index contributed by atoms with van der Waals surface area (Å²) in [5.74, 6) is 0.0794. The Kier molecular flexibility index (Phi) is 4.94. The highest BCUT2D eigenvalue weighted by Crippen LogP contribution is 2.36. The number of carbonyl (C=O) groups excluding carboxylic acids is 1. The van der Waals surface area contributed by atoms with E-state index in [-0.39, 0.29) is 11.9 Å². The molecule has 1 aliphatic heterocycles. The number of carbonyl (C=O) groups is 1. The minimum Gasteiger partial charge on any atom is -0.391 e. The van der Waals surface area contributed by atoms with E-state index >= 15 is 0 Å². The summed E-state index contributed by atoms with van der Waals surface area (Å²) in [6.07, 6.45) is 5.03. The van der Waals surface area contributed by atoms with Gasteiger partial charge in [-0.2, -0.15) is 5.10 Å². The molecule has 160 valence electrons. The molecule has 0 radical (unpaired) electrons. The maximum absolute atomic E-state index is 13.2. The first kappa shape index (κ1) is 20.0. The zero-order chi connectivity index (χ0) is 21.7. The second kappa shape index (κ2) is 7.65. The Hall–Kier alpha value is -2.92. The van der Waals surface area contributed by atoms with Gasteiger partial charge in [0, 0.05) is 30.9 Å². The third kappa shape index (κ3) is 3.47. The lowest BCUT2D eigenvalue weighted by Crippen LogP contribution is -2.40. The second-order valence-electron chi connectivity index (χ2n) is 9.06. The van der Waals surface area contributed by atoms with Crippen LogP contribution in [0, 0.1) is 13.8 Å². The number of hydrogen-bond acceptors (Lipinski definition) is 3. The fourth-order valence-electron chi connectivity index (χ4n) is 5.15. The molecule has 0 saturated heterocycles. The molecule has 2 heterocycles. The highest BCUT2D eigenvalue weighted by Gasteiger charge is 2.39. The van der Waals surface area contributed by atoms with Crippen molar-refractivity contribution in [3.05, 3.63) is 76.0 Å². The molecule has 2 aliphatic rings. The monoisotopic (exact) mass is 415 g/mol. The van der Waals surface area contributed by atoms with Gasteiger partial charge in [-0.15, -0.1) is 0 Å². The maximum Gasteiger partial charge on any atom is 0.254 e. The summed E-state index contributed by atoms with van der Waals surface area (Å²) in [5.41, 5.74) is 8.92. The minimum absolute atomic E-state index is 0.0396. The normalized spacial score (nSPS) is 20.5. The van der Waals surface area contributed by atoms with Gasteiger partial charge in [-0.1, -0.05) is 24.3 Å². The van der Waals surface area contributed by atoms with Crippen LogP contribution >= 0.6 is 0 Å². The lowest BCUT2D eigenvalue weighted by Gasteiger charge is -2.26. The Balaban J connectivity index is 1.41. The van der Waals surface area contributed by atoms with E-state index < -0.39 is 6.10 Å². The molecule has 5 nitrogen and oxygen atoms in total. The van der Waals surface area contributed by atoms with Gasteiger partial charge < -0.3 is 10.0 Å². The summed E-state index contributed by atoms with van der Waals surface area (Å²) >= 11 is 0. The molecule has 31 heavy (non-hydrogen) atoms. The van der Waals surface area contributed by atoms with E-state index in [0.29, 0.717) is 6.54 Å². The predicted octanol–water partition coefficient (Wildman–Crippen LogP) is 4.16. The lowest BCUT2D eigenvalue weighted by atomic mass is 9.91. The van der Waals surface area contributed by atoms with Crippen LogP contribution in [-0.4, -0.2) is 37.8 Å². The van der Waals surface area contributed by atoms with Crippen LogP contribution in [-0.2, 0) is 20.0 Å². The van der Waals surface area contributed by atoms with Crippen molar-refractivity contribution in [3.8, 4) is 11.3 Å². The van der Waals surface area contributed by atoms with Crippen LogP contribution in [0.15, 0.2) is 42.6 Å². The summed E-state index contributed by atoms with van der Waals surface area (Å²) < 4.78 is 1.81. The van der Waals surface area contributed by atoms with Crippen LogP contribution < -0.4 is 0 Å². The molecule has 0 spiro atoms. The average molecular weight is 416 g/mol. The largest absolute Gasteiger partial charge is 0.391 e. The van der Waals surface area contributed by atoms with E-state index in [1.807, 2.05) is 28.9 Å². The summed E-state index contributed by atoms with van der Waals surface area (Å²) in [6.45, 7) is 4.91. The van der Waals surface area contributed by atoms with Crippen molar-refractivity contribution in [1.29, 1.82) is 0 Å². The fraction of sp³-hybridized carbons (Fsp3) is 0.385. The number of aromatic nitrogens is 2. The van der Waals surface area contributed by atoms with Gasteiger partial charge in [0.2, 0.25) is 0 Å². The Labute approximate surface area is 183 Å². The van der Waals surface area contributed by atoms with Crippen LogP contribution in [0.1, 0.15) is 57.4 Å². The quantitative estimate of drug-likeness (QED) is 0.696. The van der Waals surface area contributed by atoms with E-state index in [4.69, 9.17) is 0 Å². The molecule has 3 aromatic rings. The highest BCUT2D eigenvalue weighted by molar-refractivity contribution is 5.99. The number of amides is 1. The molecule has 0 bridgehead atoms. The number of aliphatic hydroxyl groups excluding tert-OH is 1. The molecule has 1 amide bonds. The SMILES string of the molecule is Cc1c(Cc2ccc(-c3ccn(C)n3)cc2)cc2c(c1C)CN(C1CCCC1O)C2=O. The number of fused-ring (bicyclic) bond motifs is 1. The highest BCUT2D eigenvalue weighted by atomic mass is 16.3. The van der Waals surface area contributed by atoms with Crippen LogP contribution in [0.3, 0.4) is 0 Å². The molecule has 5 heteroatoms. The molecule has 2 atom stereocenters. The molecular formula is C26H29N3O2. The Morgan fingerprint density at radius 3 is 2.52 bits per heavy atom. The van der Waals surface area contributed by atoms with Crippen molar-refractivity contribution in [3.63, 3.8) is 0 Å². The number of benzene rings is 2. The maximum atomic E-state index is 13.2. The number of aryl methyl sites for hydroxylation is 1. The topological polar surface area (TPSA) is 58.4 Å². The van der Waals surface area contributed by atoms with Crippen LogP contribution in [0.25, 0.3) is 11.3 Å². The molecule has 1 N–H and O–H groups in total. The van der Waals surface area contributed by atoms with Crippen molar-refractivity contribution in [2.24, 2.45) is 7.05 Å². The molecule has 2 aromatic carbocycles. The van der Waals surface area contributed by atoms with Gasteiger partial charge in [0.05, 0.1) is 17.8 Å². The van der Waals surface area contributed by atoms with Crippen LogP contribution in [0.5, 0.6) is 0 Å². The number of rotatable bonds is 4. The van der Waals surface area contributed by atoms with Crippen molar-refractivity contribution in [2.75, 3.05) is 0 Å². The number of aliphatic hydroxyl groups is 1. The predicted molar refractivity (Wildman–Crippen MR) is 121 cm³/mol. The molecule has 1 saturated carbocycles. The zero-order valence-corrected chi connectivity index (χ0v) is 18.4. The smallest absolute Gasteiger partial charge is 0.254 e. The summed E-state index contributed by atoms with van der Waals surface area (Å²) in [7, 11) is 1.92. The standard InChI is InChI=1S/C26H29N3O2/c1-16-17(2)22-15-29(24-5-4-6-25(24)30)26(31)21(22)14-20(16)13-18-7-9-19(10-8-18)23-11-12-28(3)27-23/h7-12,14,24-25,30H,4-6,13,15H2,1-3H3. The summed E-state index contributed by atoms with van der Waals surface area (Å²) in [6, 6.07) is 12.6.